The first-order valence-corrected chi connectivity index (χ1v) is 11.3. The lowest BCUT2D eigenvalue weighted by Crippen LogP contribution is -2.21. The Morgan fingerprint density at radius 2 is 1.52 bits per heavy atom. The fraction of sp³-hybridized carbons (Fsp3) is 0.370. The first-order chi connectivity index (χ1) is 14.9. The lowest BCUT2D eigenvalue weighted by atomic mass is 9.86. The predicted molar refractivity (Wildman–Crippen MR) is 128 cm³/mol. The number of hydrogen-bond acceptors (Lipinski definition) is 3. The number of rotatable bonds is 2. The van der Waals surface area contributed by atoms with Crippen LogP contribution in [0.25, 0.3) is 33.5 Å². The molecule has 158 valence electrons. The van der Waals surface area contributed by atoms with E-state index in [-0.39, 0.29) is 10.8 Å². The van der Waals surface area contributed by atoms with Crippen molar-refractivity contribution in [2.24, 2.45) is 0 Å². The number of benzene rings is 2. The number of para-hydroxylation sites is 2. The third-order valence-electron chi connectivity index (χ3n) is 6.53. The monoisotopic (exact) mass is 411 g/mol. The summed E-state index contributed by atoms with van der Waals surface area (Å²) in [4.78, 5) is 22.8. The van der Waals surface area contributed by atoms with Crippen LogP contribution in [0, 0.1) is 0 Å². The molecule has 2 aromatic carbocycles. The number of hydrogen-bond donors (Lipinski definition) is 0. The third-order valence-corrected chi connectivity index (χ3v) is 6.53. The van der Waals surface area contributed by atoms with Crippen molar-refractivity contribution in [2.75, 3.05) is 0 Å². The molecule has 1 aliphatic rings. The summed E-state index contributed by atoms with van der Waals surface area (Å²) >= 11 is 0. The Hall–Kier alpha value is -3.01. The number of nitrogens with zero attached hydrogens (tertiary/aromatic N) is 3. The van der Waals surface area contributed by atoms with Gasteiger partial charge in [-0.2, -0.15) is 0 Å². The van der Waals surface area contributed by atoms with Crippen LogP contribution >= 0.6 is 0 Å². The number of aromatic nitrogens is 3. The van der Waals surface area contributed by atoms with Crippen LogP contribution in [0.2, 0.25) is 0 Å². The normalized spacial score (nSPS) is 15.6. The Morgan fingerprint density at radius 1 is 0.871 bits per heavy atom. The molecule has 4 aromatic rings. The summed E-state index contributed by atoms with van der Waals surface area (Å²) in [5.74, 6) is 0. The van der Waals surface area contributed by atoms with E-state index >= 15 is 0 Å². The minimum atomic E-state index is -0.0600. The van der Waals surface area contributed by atoms with Crippen LogP contribution in [-0.4, -0.2) is 14.5 Å². The summed E-state index contributed by atoms with van der Waals surface area (Å²) in [5.41, 5.74) is 6.12. The van der Waals surface area contributed by atoms with Crippen molar-refractivity contribution < 1.29 is 0 Å². The van der Waals surface area contributed by atoms with Gasteiger partial charge in [-0.1, -0.05) is 76.4 Å². The Kier molecular flexibility index (Phi) is 4.88. The standard InChI is InChI=1S/C27H29N3O/c1-27(2,3)19-15-13-18(14-16-19)23-17-24(31)25-26(30(23)20-9-5-4-6-10-20)29-22-12-8-7-11-21(22)28-25/h7-8,11-17,20H,4-6,9-10H2,1-3H3. The maximum Gasteiger partial charge on any atom is 0.210 e. The Bertz CT molecular complexity index is 1310. The summed E-state index contributed by atoms with van der Waals surface area (Å²) in [7, 11) is 0. The Balaban J connectivity index is 1.79. The van der Waals surface area contributed by atoms with Crippen molar-refractivity contribution in [1.29, 1.82) is 0 Å². The Morgan fingerprint density at radius 3 is 2.16 bits per heavy atom. The lowest BCUT2D eigenvalue weighted by Gasteiger charge is -2.29. The maximum absolute atomic E-state index is 13.2. The lowest BCUT2D eigenvalue weighted by molar-refractivity contribution is 0.360. The van der Waals surface area contributed by atoms with Crippen LogP contribution in [-0.2, 0) is 5.41 Å². The largest absolute Gasteiger partial charge is 0.321 e. The van der Waals surface area contributed by atoms with Crippen LogP contribution < -0.4 is 5.43 Å². The molecule has 0 bridgehead atoms. The molecule has 0 spiro atoms. The van der Waals surface area contributed by atoms with Gasteiger partial charge in [0.1, 0.15) is 0 Å². The van der Waals surface area contributed by atoms with Crippen molar-refractivity contribution in [1.82, 2.24) is 14.5 Å². The van der Waals surface area contributed by atoms with Crippen molar-refractivity contribution in [2.45, 2.75) is 64.3 Å². The van der Waals surface area contributed by atoms with Gasteiger partial charge in [0.2, 0.25) is 5.43 Å². The van der Waals surface area contributed by atoms with E-state index in [1.165, 1.54) is 24.8 Å². The van der Waals surface area contributed by atoms with Crippen LogP contribution in [0.3, 0.4) is 0 Å². The molecule has 1 fully saturated rings. The van der Waals surface area contributed by atoms with Gasteiger partial charge in [-0.15, -0.1) is 0 Å². The quantitative estimate of drug-likeness (QED) is 0.358. The highest BCUT2D eigenvalue weighted by molar-refractivity contribution is 5.86. The molecule has 31 heavy (non-hydrogen) atoms. The van der Waals surface area contributed by atoms with Crippen LogP contribution in [0.15, 0.2) is 59.4 Å². The summed E-state index contributed by atoms with van der Waals surface area (Å²) < 4.78 is 2.31. The summed E-state index contributed by atoms with van der Waals surface area (Å²) in [6.07, 6.45) is 5.92. The zero-order valence-electron chi connectivity index (χ0n) is 18.6. The molecule has 0 aliphatic heterocycles. The SMILES string of the molecule is CC(C)(C)c1ccc(-c2cc(=O)c3nc4ccccc4nc3n2C2CCCCC2)cc1. The highest BCUT2D eigenvalue weighted by Gasteiger charge is 2.23. The van der Waals surface area contributed by atoms with Gasteiger partial charge in [-0.05, 0) is 41.5 Å². The summed E-state index contributed by atoms with van der Waals surface area (Å²) in [6, 6.07) is 18.6. The molecule has 0 N–H and O–H groups in total. The van der Waals surface area contributed by atoms with Gasteiger partial charge in [0, 0.05) is 12.1 Å². The van der Waals surface area contributed by atoms with Crippen molar-refractivity contribution in [3.63, 3.8) is 0 Å². The number of fused-ring (bicyclic) bond motifs is 2. The first kappa shape index (κ1) is 19.9. The van der Waals surface area contributed by atoms with Gasteiger partial charge in [0.05, 0.1) is 16.7 Å². The van der Waals surface area contributed by atoms with E-state index in [9.17, 15) is 4.79 Å². The smallest absolute Gasteiger partial charge is 0.210 e. The average molecular weight is 412 g/mol. The topological polar surface area (TPSA) is 47.8 Å². The van der Waals surface area contributed by atoms with Crippen molar-refractivity contribution in [3.8, 4) is 11.3 Å². The zero-order chi connectivity index (χ0) is 21.6. The van der Waals surface area contributed by atoms with Gasteiger partial charge < -0.3 is 4.57 Å². The van der Waals surface area contributed by atoms with Gasteiger partial charge in [0.15, 0.2) is 11.2 Å². The molecule has 5 rings (SSSR count). The van der Waals surface area contributed by atoms with E-state index in [1.54, 1.807) is 6.07 Å². The van der Waals surface area contributed by atoms with Gasteiger partial charge >= 0.3 is 0 Å². The molecule has 4 heteroatoms. The molecule has 1 aliphatic carbocycles. The molecule has 0 unspecified atom stereocenters. The molecular formula is C27H29N3O. The second kappa shape index (κ2) is 7.60. The highest BCUT2D eigenvalue weighted by Crippen LogP contribution is 2.35. The maximum atomic E-state index is 13.2. The number of pyridine rings is 1. The predicted octanol–water partition coefficient (Wildman–Crippen LogP) is 6.41. The fourth-order valence-corrected chi connectivity index (χ4v) is 4.77. The van der Waals surface area contributed by atoms with E-state index < -0.39 is 0 Å². The van der Waals surface area contributed by atoms with Crippen LogP contribution in [0.4, 0.5) is 0 Å². The Labute approximate surface area is 183 Å². The van der Waals surface area contributed by atoms with Gasteiger partial charge in [-0.25, -0.2) is 9.97 Å². The first-order valence-electron chi connectivity index (χ1n) is 11.3. The second-order valence-corrected chi connectivity index (χ2v) is 9.77. The highest BCUT2D eigenvalue weighted by atomic mass is 16.1. The van der Waals surface area contributed by atoms with Crippen molar-refractivity contribution >= 4 is 22.2 Å². The van der Waals surface area contributed by atoms with E-state index in [1.807, 2.05) is 24.3 Å². The van der Waals surface area contributed by atoms with E-state index in [4.69, 9.17) is 9.97 Å². The molecule has 0 atom stereocenters. The van der Waals surface area contributed by atoms with Crippen molar-refractivity contribution in [3.05, 3.63) is 70.4 Å². The molecule has 0 saturated heterocycles. The molecule has 4 nitrogen and oxygen atoms in total. The van der Waals surface area contributed by atoms with Gasteiger partial charge in [0.25, 0.3) is 0 Å². The van der Waals surface area contributed by atoms with Crippen LogP contribution in [0.1, 0.15) is 64.5 Å². The van der Waals surface area contributed by atoms with E-state index in [0.717, 1.165) is 35.1 Å². The minimum Gasteiger partial charge on any atom is -0.321 e. The zero-order valence-corrected chi connectivity index (χ0v) is 18.6. The van der Waals surface area contributed by atoms with Crippen LogP contribution in [0.5, 0.6) is 0 Å². The third kappa shape index (κ3) is 3.65. The summed E-state index contributed by atoms with van der Waals surface area (Å²) in [5, 5.41) is 0. The molecular weight excluding hydrogens is 382 g/mol. The fourth-order valence-electron chi connectivity index (χ4n) is 4.77. The van der Waals surface area contributed by atoms with Gasteiger partial charge in [-0.3, -0.25) is 4.79 Å². The minimum absolute atomic E-state index is 0.0600. The summed E-state index contributed by atoms with van der Waals surface area (Å²) in [6.45, 7) is 6.66. The van der Waals surface area contributed by atoms with E-state index in [2.05, 4.69) is 49.6 Å². The average Bonchev–Trinajstić information content (AvgIpc) is 2.78. The molecule has 2 heterocycles. The van der Waals surface area contributed by atoms with E-state index in [0.29, 0.717) is 17.2 Å². The molecule has 1 saturated carbocycles. The molecule has 0 radical (unpaired) electrons. The molecule has 0 amide bonds. The molecule has 2 aromatic heterocycles. The second-order valence-electron chi connectivity index (χ2n) is 9.77.